The third-order valence-electron chi connectivity index (χ3n) is 2.40. The van der Waals surface area contributed by atoms with E-state index in [1.165, 1.54) is 7.11 Å². The van der Waals surface area contributed by atoms with Crippen molar-refractivity contribution in [2.45, 2.75) is 38.0 Å². The minimum absolute atomic E-state index is 0.160. The predicted molar refractivity (Wildman–Crippen MR) is 62.2 cm³/mol. The smallest absolute Gasteiger partial charge is 0.322 e. The Bertz CT molecular complexity index is 221. The van der Waals surface area contributed by atoms with E-state index in [2.05, 4.69) is 10.1 Å². The van der Waals surface area contributed by atoms with Gasteiger partial charge in [-0.05, 0) is 19.4 Å². The van der Waals surface area contributed by atoms with E-state index in [0.29, 0.717) is 13.0 Å². The molecule has 3 unspecified atom stereocenters. The van der Waals surface area contributed by atoms with Crippen LogP contribution < -0.4 is 5.32 Å². The number of hydrogen-bond acceptors (Lipinski definition) is 4. The van der Waals surface area contributed by atoms with Gasteiger partial charge in [-0.15, -0.1) is 0 Å². The fourth-order valence-corrected chi connectivity index (χ4v) is 1.61. The summed E-state index contributed by atoms with van der Waals surface area (Å²) in [5, 5.41) is 3.26. The highest BCUT2D eigenvalue weighted by atomic mass is 32.2. The summed E-state index contributed by atoms with van der Waals surface area (Å²) in [6, 6.07) is -0.243. The molecule has 0 aromatic rings. The van der Waals surface area contributed by atoms with Gasteiger partial charge >= 0.3 is 5.97 Å². The van der Waals surface area contributed by atoms with Gasteiger partial charge in [-0.3, -0.25) is 9.00 Å². The van der Waals surface area contributed by atoms with Crippen molar-refractivity contribution in [3.8, 4) is 0 Å². The van der Waals surface area contributed by atoms with Crippen LogP contribution in [0.2, 0.25) is 0 Å². The Kier molecular flexibility index (Phi) is 7.60. The van der Waals surface area contributed by atoms with E-state index in [0.717, 1.165) is 6.42 Å². The van der Waals surface area contributed by atoms with E-state index >= 15 is 0 Å². The summed E-state index contributed by atoms with van der Waals surface area (Å²) in [6.45, 7) is 4.56. The predicted octanol–water partition coefficient (Wildman–Crippen LogP) is 0.685. The molecule has 0 aromatic carbocycles. The number of hydrogen-bond donors (Lipinski definition) is 1. The third-order valence-corrected chi connectivity index (χ3v) is 3.77. The van der Waals surface area contributed by atoms with Crippen molar-refractivity contribution < 1.29 is 13.7 Å². The van der Waals surface area contributed by atoms with Crippen LogP contribution in [0.5, 0.6) is 0 Å². The van der Waals surface area contributed by atoms with Gasteiger partial charge in [0.25, 0.3) is 0 Å². The summed E-state index contributed by atoms with van der Waals surface area (Å²) in [7, 11) is 0.590. The van der Waals surface area contributed by atoms with Crippen LogP contribution >= 0.6 is 0 Å². The summed E-state index contributed by atoms with van der Waals surface area (Å²) >= 11 is 0. The molecule has 1 N–H and O–H groups in total. The van der Waals surface area contributed by atoms with Crippen LogP contribution in [0.4, 0.5) is 0 Å². The van der Waals surface area contributed by atoms with Crippen LogP contribution in [0.15, 0.2) is 0 Å². The molecule has 0 bridgehead atoms. The van der Waals surface area contributed by atoms with Crippen molar-refractivity contribution in [3.05, 3.63) is 0 Å². The molecular formula is C10H21NO3S. The maximum atomic E-state index is 11.2. The van der Waals surface area contributed by atoms with Gasteiger partial charge in [0.15, 0.2) is 0 Å². The molecule has 0 saturated heterocycles. The summed E-state index contributed by atoms with van der Waals surface area (Å²) in [5.74, 6) is -0.234. The van der Waals surface area contributed by atoms with Crippen molar-refractivity contribution >= 4 is 16.8 Å². The Morgan fingerprint density at radius 1 is 1.53 bits per heavy atom. The largest absolute Gasteiger partial charge is 0.468 e. The van der Waals surface area contributed by atoms with Crippen molar-refractivity contribution in [3.63, 3.8) is 0 Å². The minimum Gasteiger partial charge on any atom is -0.468 e. The number of nitrogens with one attached hydrogen (secondary N) is 1. The average Bonchev–Trinajstić information content (AvgIpc) is 2.22. The lowest BCUT2D eigenvalue weighted by molar-refractivity contribution is -0.143. The minimum atomic E-state index is -0.796. The number of ether oxygens (including phenoxy) is 1. The lowest BCUT2D eigenvalue weighted by Gasteiger charge is -2.15. The van der Waals surface area contributed by atoms with Crippen molar-refractivity contribution in [1.29, 1.82) is 0 Å². The topological polar surface area (TPSA) is 55.4 Å². The molecule has 0 fully saturated rings. The van der Waals surface area contributed by atoms with E-state index in [1.807, 2.05) is 13.8 Å². The fourth-order valence-electron chi connectivity index (χ4n) is 1.16. The van der Waals surface area contributed by atoms with E-state index < -0.39 is 10.8 Å². The second kappa shape index (κ2) is 7.82. The SMILES string of the molecule is CCC(NCCC(C)S(C)=O)C(=O)OC. The maximum absolute atomic E-state index is 11.2. The van der Waals surface area contributed by atoms with Crippen molar-refractivity contribution in [2.24, 2.45) is 0 Å². The molecule has 4 nitrogen and oxygen atoms in total. The lowest BCUT2D eigenvalue weighted by atomic mass is 10.2. The summed E-state index contributed by atoms with van der Waals surface area (Å²) < 4.78 is 15.7. The molecular weight excluding hydrogens is 214 g/mol. The Balaban J connectivity index is 3.82. The molecule has 0 aliphatic carbocycles. The van der Waals surface area contributed by atoms with Gasteiger partial charge < -0.3 is 10.1 Å². The molecule has 5 heteroatoms. The zero-order valence-electron chi connectivity index (χ0n) is 9.91. The quantitative estimate of drug-likeness (QED) is 0.660. The Labute approximate surface area is 94.2 Å². The van der Waals surface area contributed by atoms with E-state index in [4.69, 9.17) is 0 Å². The molecule has 15 heavy (non-hydrogen) atoms. The molecule has 0 radical (unpaired) electrons. The number of esters is 1. The molecule has 0 spiro atoms. The van der Waals surface area contributed by atoms with Crippen LogP contribution in [0.25, 0.3) is 0 Å². The molecule has 0 rings (SSSR count). The van der Waals surface area contributed by atoms with Crippen LogP contribution in [-0.2, 0) is 20.3 Å². The molecule has 3 atom stereocenters. The first-order valence-electron chi connectivity index (χ1n) is 5.16. The van der Waals surface area contributed by atoms with Gasteiger partial charge in [0.1, 0.15) is 6.04 Å². The first-order chi connectivity index (χ1) is 7.02. The average molecular weight is 235 g/mol. The number of rotatable bonds is 7. The van der Waals surface area contributed by atoms with Gasteiger partial charge in [-0.2, -0.15) is 0 Å². The lowest BCUT2D eigenvalue weighted by Crippen LogP contribution is -2.38. The fraction of sp³-hybridized carbons (Fsp3) is 0.900. The van der Waals surface area contributed by atoms with Crippen LogP contribution in [-0.4, -0.2) is 41.4 Å². The van der Waals surface area contributed by atoms with Crippen molar-refractivity contribution in [2.75, 3.05) is 19.9 Å². The van der Waals surface area contributed by atoms with E-state index in [9.17, 15) is 9.00 Å². The van der Waals surface area contributed by atoms with Gasteiger partial charge in [-0.25, -0.2) is 0 Å². The van der Waals surface area contributed by atoms with Crippen LogP contribution in [0, 0.1) is 0 Å². The third kappa shape index (κ3) is 5.89. The maximum Gasteiger partial charge on any atom is 0.322 e. The molecule has 0 heterocycles. The van der Waals surface area contributed by atoms with Gasteiger partial charge in [0, 0.05) is 22.3 Å². The Hall–Kier alpha value is -0.420. The molecule has 0 aliphatic heterocycles. The molecule has 0 aromatic heterocycles. The van der Waals surface area contributed by atoms with Crippen LogP contribution in [0.3, 0.4) is 0 Å². The van der Waals surface area contributed by atoms with Crippen LogP contribution in [0.1, 0.15) is 26.7 Å². The highest BCUT2D eigenvalue weighted by Crippen LogP contribution is 1.99. The highest BCUT2D eigenvalue weighted by Gasteiger charge is 2.16. The van der Waals surface area contributed by atoms with Crippen molar-refractivity contribution in [1.82, 2.24) is 5.32 Å². The first kappa shape index (κ1) is 14.6. The normalized spacial score (nSPS) is 16.8. The van der Waals surface area contributed by atoms with E-state index in [-0.39, 0.29) is 17.3 Å². The molecule has 0 amide bonds. The van der Waals surface area contributed by atoms with Gasteiger partial charge in [0.05, 0.1) is 7.11 Å². The number of carbonyl (C=O) groups excluding carboxylic acids is 1. The summed E-state index contributed by atoms with van der Waals surface area (Å²) in [4.78, 5) is 11.2. The zero-order valence-corrected chi connectivity index (χ0v) is 10.7. The number of methoxy groups -OCH3 is 1. The zero-order chi connectivity index (χ0) is 11.8. The van der Waals surface area contributed by atoms with Gasteiger partial charge in [-0.1, -0.05) is 13.8 Å². The Morgan fingerprint density at radius 3 is 2.53 bits per heavy atom. The first-order valence-corrected chi connectivity index (χ1v) is 6.78. The number of carbonyl (C=O) groups is 1. The van der Waals surface area contributed by atoms with E-state index in [1.54, 1.807) is 6.26 Å². The monoisotopic (exact) mass is 235 g/mol. The molecule has 0 saturated carbocycles. The summed E-state index contributed by atoms with van der Waals surface area (Å²) in [5.41, 5.74) is 0. The second-order valence-electron chi connectivity index (χ2n) is 3.54. The molecule has 90 valence electrons. The molecule has 0 aliphatic rings. The highest BCUT2D eigenvalue weighted by molar-refractivity contribution is 7.84. The summed E-state index contributed by atoms with van der Waals surface area (Å²) in [6.07, 6.45) is 3.20. The van der Waals surface area contributed by atoms with Gasteiger partial charge in [0.2, 0.25) is 0 Å². The Morgan fingerprint density at radius 2 is 2.13 bits per heavy atom. The second-order valence-corrected chi connectivity index (χ2v) is 5.34. The standard InChI is InChI=1S/C10H21NO3S/c1-5-9(10(12)14-3)11-7-6-8(2)15(4)13/h8-9,11H,5-7H2,1-4H3.